The Hall–Kier alpha value is -2.10. The van der Waals surface area contributed by atoms with Crippen LogP contribution < -0.4 is 19.1 Å². The van der Waals surface area contributed by atoms with Crippen LogP contribution in [0.2, 0.25) is 5.02 Å². The summed E-state index contributed by atoms with van der Waals surface area (Å²) in [5.74, 6) is 1.27. The third-order valence-electron chi connectivity index (χ3n) is 4.35. The fraction of sp³-hybridized carbons (Fsp3) is 0.350. The lowest BCUT2D eigenvalue weighted by Gasteiger charge is -2.29. The van der Waals surface area contributed by atoms with E-state index < -0.39 is 16.1 Å². The summed E-state index contributed by atoms with van der Waals surface area (Å²) in [4.78, 5) is 13.7. The average molecular weight is 471 g/mol. The molecule has 0 saturated carbocycles. The fourth-order valence-electron chi connectivity index (χ4n) is 3.00. The minimum Gasteiger partial charge on any atom is -0.486 e. The van der Waals surface area contributed by atoms with Crippen LogP contribution in [0.5, 0.6) is 11.5 Å². The minimum atomic E-state index is -3.71. The Bertz CT molecular complexity index is 999. The molecule has 1 atom stereocenters. The van der Waals surface area contributed by atoms with Crippen molar-refractivity contribution in [2.75, 3.05) is 36.1 Å². The summed E-state index contributed by atoms with van der Waals surface area (Å²) in [5.41, 5.74) is 0.347. The van der Waals surface area contributed by atoms with E-state index >= 15 is 0 Å². The number of hydrogen-bond acceptors (Lipinski definition) is 6. The molecule has 30 heavy (non-hydrogen) atoms. The Balaban J connectivity index is 1.64. The van der Waals surface area contributed by atoms with Gasteiger partial charge in [0, 0.05) is 28.3 Å². The second-order valence-electron chi connectivity index (χ2n) is 6.66. The van der Waals surface area contributed by atoms with Gasteiger partial charge in [-0.3, -0.25) is 9.10 Å². The summed E-state index contributed by atoms with van der Waals surface area (Å²) >= 11 is 7.44. The molecular formula is C20H23ClN2O5S2. The maximum Gasteiger partial charge on any atom is 0.243 e. The molecule has 10 heteroatoms. The molecule has 0 bridgehead atoms. The maximum atomic E-state index is 12.6. The first-order chi connectivity index (χ1) is 14.3. The van der Waals surface area contributed by atoms with Gasteiger partial charge in [0.25, 0.3) is 0 Å². The Kier molecular flexibility index (Phi) is 7.38. The van der Waals surface area contributed by atoms with Gasteiger partial charge in [-0.05, 0) is 43.3 Å². The lowest BCUT2D eigenvalue weighted by molar-refractivity contribution is -0.121. The highest BCUT2D eigenvalue weighted by atomic mass is 35.5. The van der Waals surface area contributed by atoms with Gasteiger partial charge in [0.1, 0.15) is 19.3 Å². The van der Waals surface area contributed by atoms with Crippen LogP contribution >= 0.6 is 23.4 Å². The number of nitrogens with one attached hydrogen (secondary N) is 1. The number of carbonyl (C=O) groups is 1. The number of halogens is 1. The minimum absolute atomic E-state index is 0.347. The second kappa shape index (κ2) is 9.80. The number of hydrogen-bond donors (Lipinski definition) is 1. The van der Waals surface area contributed by atoms with E-state index in [-0.39, 0.29) is 5.91 Å². The highest BCUT2D eigenvalue weighted by molar-refractivity contribution is 7.99. The van der Waals surface area contributed by atoms with Crippen molar-refractivity contribution in [1.82, 2.24) is 5.32 Å². The summed E-state index contributed by atoms with van der Waals surface area (Å²) in [6.45, 7) is 2.78. The molecule has 1 aliphatic heterocycles. The smallest absolute Gasteiger partial charge is 0.243 e. The van der Waals surface area contributed by atoms with Crippen molar-refractivity contribution in [2.24, 2.45) is 0 Å². The molecule has 1 aliphatic rings. The Morgan fingerprint density at radius 3 is 2.50 bits per heavy atom. The van der Waals surface area contributed by atoms with E-state index in [1.807, 2.05) is 24.3 Å². The van der Waals surface area contributed by atoms with E-state index in [1.165, 1.54) is 0 Å². The van der Waals surface area contributed by atoms with Crippen LogP contribution in [0.1, 0.15) is 6.92 Å². The van der Waals surface area contributed by atoms with Crippen LogP contribution in [-0.4, -0.2) is 52.1 Å². The summed E-state index contributed by atoms with van der Waals surface area (Å²) in [6, 6.07) is 11.3. The van der Waals surface area contributed by atoms with Crippen molar-refractivity contribution >= 4 is 45.0 Å². The van der Waals surface area contributed by atoms with Crippen molar-refractivity contribution in [3.63, 3.8) is 0 Å². The molecule has 0 radical (unpaired) electrons. The largest absolute Gasteiger partial charge is 0.486 e. The molecule has 0 unspecified atom stereocenters. The van der Waals surface area contributed by atoms with Gasteiger partial charge in [0.15, 0.2) is 11.5 Å². The zero-order valence-corrected chi connectivity index (χ0v) is 19.0. The average Bonchev–Trinajstić information content (AvgIpc) is 2.71. The van der Waals surface area contributed by atoms with E-state index in [4.69, 9.17) is 21.1 Å². The number of thioether (sulfide) groups is 1. The lowest BCUT2D eigenvalue weighted by atomic mass is 10.2. The number of nitrogens with zero attached hydrogens (tertiary/aromatic N) is 1. The predicted octanol–water partition coefficient (Wildman–Crippen LogP) is 3.17. The van der Waals surface area contributed by atoms with E-state index in [1.54, 1.807) is 36.9 Å². The van der Waals surface area contributed by atoms with Crippen LogP contribution in [0, 0.1) is 0 Å². The number of carbonyl (C=O) groups excluding carboxylic acids is 1. The number of rotatable bonds is 8. The monoisotopic (exact) mass is 470 g/mol. The number of fused-ring (bicyclic) bond motifs is 1. The van der Waals surface area contributed by atoms with Crippen molar-refractivity contribution < 1.29 is 22.7 Å². The van der Waals surface area contributed by atoms with Crippen molar-refractivity contribution in [3.05, 3.63) is 47.5 Å². The zero-order chi connectivity index (χ0) is 21.7. The molecule has 1 amide bonds. The highest BCUT2D eigenvalue weighted by Gasteiger charge is 2.30. The molecular weight excluding hydrogens is 448 g/mol. The molecule has 0 aliphatic carbocycles. The lowest BCUT2D eigenvalue weighted by Crippen LogP contribution is -2.48. The van der Waals surface area contributed by atoms with Gasteiger partial charge < -0.3 is 14.8 Å². The molecule has 2 aromatic carbocycles. The number of benzene rings is 2. The van der Waals surface area contributed by atoms with E-state index in [0.29, 0.717) is 47.7 Å². The first-order valence-corrected chi connectivity index (χ1v) is 12.5. The van der Waals surface area contributed by atoms with E-state index in [0.717, 1.165) is 15.5 Å². The molecule has 0 saturated heterocycles. The van der Waals surface area contributed by atoms with Gasteiger partial charge in [-0.15, -0.1) is 11.8 Å². The van der Waals surface area contributed by atoms with Crippen LogP contribution in [0.25, 0.3) is 0 Å². The SMILES string of the molecule is C[C@H](C(=O)NCCSc1ccc(Cl)cc1)N(c1ccc2c(c1)OCCO2)S(C)(=O)=O. The van der Waals surface area contributed by atoms with Crippen LogP contribution in [0.3, 0.4) is 0 Å². The van der Waals surface area contributed by atoms with Gasteiger partial charge in [-0.2, -0.15) is 0 Å². The van der Waals surface area contributed by atoms with Gasteiger partial charge in [-0.25, -0.2) is 8.42 Å². The molecule has 0 aromatic heterocycles. The van der Waals surface area contributed by atoms with Crippen molar-refractivity contribution in [3.8, 4) is 11.5 Å². The molecule has 0 fully saturated rings. The Morgan fingerprint density at radius 1 is 1.17 bits per heavy atom. The molecule has 162 valence electrons. The zero-order valence-electron chi connectivity index (χ0n) is 16.6. The highest BCUT2D eigenvalue weighted by Crippen LogP contribution is 2.35. The predicted molar refractivity (Wildman–Crippen MR) is 119 cm³/mol. The second-order valence-corrected chi connectivity index (χ2v) is 10.1. The van der Waals surface area contributed by atoms with Gasteiger partial charge >= 0.3 is 0 Å². The first-order valence-electron chi connectivity index (χ1n) is 9.31. The Labute approximate surface area is 185 Å². The maximum absolute atomic E-state index is 12.6. The number of anilines is 1. The summed E-state index contributed by atoms with van der Waals surface area (Å²) < 4.78 is 37.0. The summed E-state index contributed by atoms with van der Waals surface area (Å²) in [6.07, 6.45) is 1.07. The summed E-state index contributed by atoms with van der Waals surface area (Å²) in [5, 5.41) is 3.47. The van der Waals surface area contributed by atoms with E-state index in [2.05, 4.69) is 5.32 Å². The molecule has 1 N–H and O–H groups in total. The van der Waals surface area contributed by atoms with Gasteiger partial charge in [0.05, 0.1) is 11.9 Å². The normalized spacial score (nSPS) is 14.1. The van der Waals surface area contributed by atoms with Crippen LogP contribution in [-0.2, 0) is 14.8 Å². The molecule has 3 rings (SSSR count). The number of sulfonamides is 1. The van der Waals surface area contributed by atoms with Crippen LogP contribution in [0.4, 0.5) is 5.69 Å². The van der Waals surface area contributed by atoms with Crippen molar-refractivity contribution in [2.45, 2.75) is 17.9 Å². The standard InChI is InChI=1S/C20H23ClN2O5S2/c1-14(20(24)22-9-12-29-17-6-3-15(21)4-7-17)23(30(2,25)26)16-5-8-18-19(13-16)28-11-10-27-18/h3-8,13-14H,9-12H2,1-2H3,(H,22,24)/t14-/m1/s1. The third-order valence-corrected chi connectivity index (χ3v) is 6.86. The van der Waals surface area contributed by atoms with Crippen LogP contribution in [0.15, 0.2) is 47.4 Å². The topological polar surface area (TPSA) is 84.9 Å². The number of amides is 1. The van der Waals surface area contributed by atoms with Gasteiger partial charge in [-0.1, -0.05) is 11.6 Å². The summed E-state index contributed by atoms with van der Waals surface area (Å²) in [7, 11) is -3.71. The number of ether oxygens (including phenoxy) is 2. The van der Waals surface area contributed by atoms with Gasteiger partial charge in [0.2, 0.25) is 15.9 Å². The first kappa shape index (κ1) is 22.6. The molecule has 7 nitrogen and oxygen atoms in total. The molecule has 2 aromatic rings. The van der Waals surface area contributed by atoms with Crippen molar-refractivity contribution in [1.29, 1.82) is 0 Å². The Morgan fingerprint density at radius 2 is 1.83 bits per heavy atom. The molecule has 0 spiro atoms. The fourth-order valence-corrected chi connectivity index (χ4v) is 5.06. The quantitative estimate of drug-likeness (QED) is 0.471. The molecule has 1 heterocycles. The van der Waals surface area contributed by atoms with E-state index in [9.17, 15) is 13.2 Å². The third kappa shape index (κ3) is 5.74.